The number of aromatic nitrogens is 1. The van der Waals surface area contributed by atoms with Gasteiger partial charge in [0.05, 0.1) is 0 Å². The zero-order valence-corrected chi connectivity index (χ0v) is 8.11. The highest BCUT2D eigenvalue weighted by molar-refractivity contribution is 9.10. The van der Waals surface area contributed by atoms with Crippen LogP contribution in [0.25, 0.3) is 0 Å². The highest BCUT2D eigenvalue weighted by atomic mass is 79.9. The van der Waals surface area contributed by atoms with E-state index in [0.29, 0.717) is 0 Å². The summed E-state index contributed by atoms with van der Waals surface area (Å²) in [4.78, 5) is 4.43. The fourth-order valence-corrected chi connectivity index (χ4v) is 2.26. The molecule has 11 heavy (non-hydrogen) atoms. The summed E-state index contributed by atoms with van der Waals surface area (Å²) in [6.07, 6.45) is 3.66. The van der Waals surface area contributed by atoms with Crippen LogP contribution in [0.3, 0.4) is 0 Å². The number of halogens is 1. The van der Waals surface area contributed by atoms with E-state index in [1.165, 1.54) is 29.7 Å². The standard InChI is InChI=1S/C9H10BrN/c1-6-5-9(10)11-8-4-2-3-7(6)8/h5H,2-4H2,1H3. The van der Waals surface area contributed by atoms with Gasteiger partial charge in [-0.1, -0.05) is 0 Å². The second-order valence-corrected chi connectivity index (χ2v) is 3.85. The molecule has 0 aliphatic heterocycles. The molecule has 0 radical (unpaired) electrons. The highest BCUT2D eigenvalue weighted by Crippen LogP contribution is 2.25. The minimum atomic E-state index is 0.982. The SMILES string of the molecule is Cc1cc(Br)nc2c1CCC2. The zero-order valence-electron chi connectivity index (χ0n) is 6.52. The number of rotatable bonds is 0. The Hall–Kier alpha value is -0.370. The fourth-order valence-electron chi connectivity index (χ4n) is 1.70. The lowest BCUT2D eigenvalue weighted by atomic mass is 10.1. The Labute approximate surface area is 75.0 Å². The van der Waals surface area contributed by atoms with Crippen LogP contribution in [0.5, 0.6) is 0 Å². The number of fused-ring (bicyclic) bond motifs is 1. The number of aryl methyl sites for hydroxylation is 2. The molecule has 1 aromatic rings. The Bertz CT molecular complexity index is 294. The molecule has 0 saturated carbocycles. The lowest BCUT2D eigenvalue weighted by molar-refractivity contribution is 0.897. The maximum absolute atomic E-state index is 4.43. The molecule has 0 amide bonds. The van der Waals surface area contributed by atoms with Crippen molar-refractivity contribution in [2.24, 2.45) is 0 Å². The van der Waals surface area contributed by atoms with Crippen molar-refractivity contribution in [3.05, 3.63) is 27.5 Å². The molecule has 0 saturated heterocycles. The van der Waals surface area contributed by atoms with Crippen LogP contribution >= 0.6 is 15.9 Å². The van der Waals surface area contributed by atoms with Crippen LogP contribution in [0, 0.1) is 6.92 Å². The summed E-state index contributed by atoms with van der Waals surface area (Å²) >= 11 is 3.40. The predicted octanol–water partition coefficient (Wildman–Crippen LogP) is 2.64. The number of hydrogen-bond acceptors (Lipinski definition) is 1. The molecule has 1 aliphatic rings. The number of hydrogen-bond donors (Lipinski definition) is 0. The maximum atomic E-state index is 4.43. The molecule has 2 rings (SSSR count). The van der Waals surface area contributed by atoms with Crippen LogP contribution in [0.15, 0.2) is 10.7 Å². The van der Waals surface area contributed by atoms with E-state index in [9.17, 15) is 0 Å². The maximum Gasteiger partial charge on any atom is 0.106 e. The van der Waals surface area contributed by atoms with Crippen molar-refractivity contribution in [1.82, 2.24) is 4.98 Å². The molecule has 1 aliphatic carbocycles. The van der Waals surface area contributed by atoms with Gasteiger partial charge in [-0.2, -0.15) is 0 Å². The molecular weight excluding hydrogens is 202 g/mol. The summed E-state index contributed by atoms with van der Waals surface area (Å²) in [5, 5.41) is 0. The first kappa shape index (κ1) is 7.29. The van der Waals surface area contributed by atoms with Gasteiger partial charge in [0.2, 0.25) is 0 Å². The monoisotopic (exact) mass is 211 g/mol. The van der Waals surface area contributed by atoms with Gasteiger partial charge in [0.25, 0.3) is 0 Å². The second-order valence-electron chi connectivity index (χ2n) is 3.04. The van der Waals surface area contributed by atoms with E-state index in [0.717, 1.165) is 11.0 Å². The molecule has 0 bridgehead atoms. The quantitative estimate of drug-likeness (QED) is 0.602. The van der Waals surface area contributed by atoms with Gasteiger partial charge in [-0.05, 0) is 59.3 Å². The van der Waals surface area contributed by atoms with Gasteiger partial charge in [0.1, 0.15) is 4.60 Å². The summed E-state index contributed by atoms with van der Waals surface area (Å²) < 4.78 is 0.982. The van der Waals surface area contributed by atoms with Crippen LogP contribution < -0.4 is 0 Å². The normalized spacial score (nSPS) is 15.1. The molecule has 0 fully saturated rings. The lowest BCUT2D eigenvalue weighted by Crippen LogP contribution is -1.91. The predicted molar refractivity (Wildman–Crippen MR) is 48.7 cm³/mol. The molecule has 0 unspecified atom stereocenters. The van der Waals surface area contributed by atoms with Gasteiger partial charge in [-0.3, -0.25) is 0 Å². The van der Waals surface area contributed by atoms with E-state index in [2.05, 4.69) is 33.9 Å². The molecule has 2 heteroatoms. The molecular formula is C9H10BrN. The van der Waals surface area contributed by atoms with Crippen molar-refractivity contribution in [1.29, 1.82) is 0 Å². The average molecular weight is 212 g/mol. The van der Waals surface area contributed by atoms with Gasteiger partial charge >= 0.3 is 0 Å². The van der Waals surface area contributed by atoms with Crippen LogP contribution in [-0.2, 0) is 12.8 Å². The number of nitrogens with zero attached hydrogens (tertiary/aromatic N) is 1. The van der Waals surface area contributed by atoms with Gasteiger partial charge < -0.3 is 0 Å². The fraction of sp³-hybridized carbons (Fsp3) is 0.444. The lowest BCUT2D eigenvalue weighted by Gasteiger charge is -2.02. The van der Waals surface area contributed by atoms with E-state index >= 15 is 0 Å². The van der Waals surface area contributed by atoms with Crippen LogP contribution in [0.2, 0.25) is 0 Å². The first-order chi connectivity index (χ1) is 5.27. The van der Waals surface area contributed by atoms with Crippen LogP contribution in [0.1, 0.15) is 23.2 Å². The zero-order chi connectivity index (χ0) is 7.84. The third-order valence-electron chi connectivity index (χ3n) is 2.24. The molecule has 1 nitrogen and oxygen atoms in total. The van der Waals surface area contributed by atoms with E-state index in [1.807, 2.05) is 0 Å². The average Bonchev–Trinajstić information content (AvgIpc) is 2.34. The Morgan fingerprint density at radius 1 is 1.45 bits per heavy atom. The Kier molecular flexibility index (Phi) is 1.72. The molecule has 0 aromatic carbocycles. The third-order valence-corrected chi connectivity index (χ3v) is 2.65. The van der Waals surface area contributed by atoms with E-state index in [1.54, 1.807) is 0 Å². The highest BCUT2D eigenvalue weighted by Gasteiger charge is 2.14. The minimum absolute atomic E-state index is 0.982. The van der Waals surface area contributed by atoms with Crippen molar-refractivity contribution in [2.75, 3.05) is 0 Å². The van der Waals surface area contributed by atoms with Gasteiger partial charge in [0.15, 0.2) is 0 Å². The summed E-state index contributed by atoms with van der Waals surface area (Å²) in [7, 11) is 0. The van der Waals surface area contributed by atoms with E-state index < -0.39 is 0 Å². The summed E-state index contributed by atoms with van der Waals surface area (Å²) in [6, 6.07) is 2.10. The largest absolute Gasteiger partial charge is 0.246 e. The van der Waals surface area contributed by atoms with Crippen molar-refractivity contribution in [3.8, 4) is 0 Å². The molecule has 58 valence electrons. The van der Waals surface area contributed by atoms with E-state index in [-0.39, 0.29) is 0 Å². The molecule has 1 aromatic heterocycles. The first-order valence-electron chi connectivity index (χ1n) is 3.92. The summed E-state index contributed by atoms with van der Waals surface area (Å²) in [6.45, 7) is 2.16. The topological polar surface area (TPSA) is 12.9 Å². The smallest absolute Gasteiger partial charge is 0.106 e. The Morgan fingerprint density at radius 2 is 2.27 bits per heavy atom. The summed E-state index contributed by atoms with van der Waals surface area (Å²) in [5.41, 5.74) is 4.17. The van der Waals surface area contributed by atoms with Crippen molar-refractivity contribution in [3.63, 3.8) is 0 Å². The van der Waals surface area contributed by atoms with Crippen molar-refractivity contribution in [2.45, 2.75) is 26.2 Å². The minimum Gasteiger partial charge on any atom is -0.246 e. The molecule has 0 N–H and O–H groups in total. The first-order valence-corrected chi connectivity index (χ1v) is 4.71. The Morgan fingerprint density at radius 3 is 3.09 bits per heavy atom. The van der Waals surface area contributed by atoms with Crippen LogP contribution in [0.4, 0.5) is 0 Å². The third kappa shape index (κ3) is 1.20. The van der Waals surface area contributed by atoms with E-state index in [4.69, 9.17) is 0 Å². The number of pyridine rings is 1. The second kappa shape index (κ2) is 2.59. The van der Waals surface area contributed by atoms with Gasteiger partial charge in [-0.15, -0.1) is 0 Å². The van der Waals surface area contributed by atoms with Crippen molar-refractivity contribution < 1.29 is 0 Å². The summed E-state index contributed by atoms with van der Waals surface area (Å²) in [5.74, 6) is 0. The van der Waals surface area contributed by atoms with Gasteiger partial charge in [-0.25, -0.2) is 4.98 Å². The molecule has 0 atom stereocenters. The van der Waals surface area contributed by atoms with Crippen molar-refractivity contribution >= 4 is 15.9 Å². The molecule has 1 heterocycles. The van der Waals surface area contributed by atoms with Crippen LogP contribution in [-0.4, -0.2) is 4.98 Å². The Balaban J connectivity index is 2.60. The van der Waals surface area contributed by atoms with Gasteiger partial charge in [0, 0.05) is 5.69 Å². The molecule has 0 spiro atoms.